The Morgan fingerprint density at radius 2 is 1.50 bits per heavy atom. The van der Waals surface area contributed by atoms with Crippen LogP contribution in [0.4, 0.5) is 0 Å². The van der Waals surface area contributed by atoms with Crippen LogP contribution in [0.5, 0.6) is 0 Å². The van der Waals surface area contributed by atoms with Gasteiger partial charge in [0.05, 0.1) is 0 Å². The fourth-order valence-electron chi connectivity index (χ4n) is 1.81. The van der Waals surface area contributed by atoms with Gasteiger partial charge in [-0.2, -0.15) is 0 Å². The van der Waals surface area contributed by atoms with Crippen LogP contribution in [0.15, 0.2) is 0 Å². The SMILES string of the molecule is CCCCCCCC(C)NC(C)C(C)(C)C. The van der Waals surface area contributed by atoms with Gasteiger partial charge in [0.2, 0.25) is 0 Å². The molecule has 0 aromatic rings. The summed E-state index contributed by atoms with van der Waals surface area (Å²) in [6, 6.07) is 1.26. The van der Waals surface area contributed by atoms with Gasteiger partial charge in [-0.25, -0.2) is 0 Å². The van der Waals surface area contributed by atoms with Crippen molar-refractivity contribution in [3.05, 3.63) is 0 Å². The van der Waals surface area contributed by atoms with Gasteiger partial charge < -0.3 is 5.32 Å². The van der Waals surface area contributed by atoms with Crippen molar-refractivity contribution in [1.29, 1.82) is 0 Å². The predicted octanol–water partition coefficient (Wildman–Crippen LogP) is 4.76. The minimum absolute atomic E-state index is 0.371. The molecule has 16 heavy (non-hydrogen) atoms. The summed E-state index contributed by atoms with van der Waals surface area (Å²) in [4.78, 5) is 0. The molecule has 0 aromatic carbocycles. The summed E-state index contributed by atoms with van der Waals surface area (Å²) in [5, 5.41) is 3.71. The van der Waals surface area contributed by atoms with E-state index in [2.05, 4.69) is 46.9 Å². The molecule has 1 heteroatoms. The Kier molecular flexibility index (Phi) is 8.09. The summed E-state index contributed by atoms with van der Waals surface area (Å²) in [6.45, 7) is 13.8. The summed E-state index contributed by atoms with van der Waals surface area (Å²) < 4.78 is 0. The number of nitrogens with one attached hydrogen (secondary N) is 1. The molecule has 0 rings (SSSR count). The van der Waals surface area contributed by atoms with E-state index in [9.17, 15) is 0 Å². The zero-order valence-electron chi connectivity index (χ0n) is 12.4. The highest BCUT2D eigenvalue weighted by atomic mass is 14.9. The van der Waals surface area contributed by atoms with Crippen molar-refractivity contribution < 1.29 is 0 Å². The lowest BCUT2D eigenvalue weighted by atomic mass is 9.87. The van der Waals surface area contributed by atoms with Crippen molar-refractivity contribution in [2.45, 2.75) is 92.2 Å². The van der Waals surface area contributed by atoms with Crippen molar-refractivity contribution in [3.63, 3.8) is 0 Å². The average Bonchev–Trinajstić information content (AvgIpc) is 2.16. The van der Waals surface area contributed by atoms with Crippen LogP contribution in [0.1, 0.15) is 80.1 Å². The first kappa shape index (κ1) is 16.0. The second-order valence-electron chi connectivity index (χ2n) is 6.36. The molecule has 0 saturated heterocycles. The fraction of sp³-hybridized carbons (Fsp3) is 1.00. The van der Waals surface area contributed by atoms with Gasteiger partial charge in [0, 0.05) is 12.1 Å². The molecule has 2 unspecified atom stereocenters. The molecule has 2 atom stereocenters. The topological polar surface area (TPSA) is 12.0 Å². The molecular formula is C15H33N. The van der Waals surface area contributed by atoms with E-state index in [0.717, 1.165) is 0 Å². The van der Waals surface area contributed by atoms with E-state index in [0.29, 0.717) is 17.5 Å². The van der Waals surface area contributed by atoms with Gasteiger partial charge in [-0.05, 0) is 25.7 Å². The molecule has 0 fully saturated rings. The van der Waals surface area contributed by atoms with Gasteiger partial charge >= 0.3 is 0 Å². The maximum atomic E-state index is 3.71. The van der Waals surface area contributed by atoms with E-state index in [-0.39, 0.29) is 0 Å². The van der Waals surface area contributed by atoms with Gasteiger partial charge in [-0.3, -0.25) is 0 Å². The lowest BCUT2D eigenvalue weighted by Crippen LogP contribution is -2.42. The standard InChI is InChI=1S/C15H33N/c1-7-8-9-10-11-12-13(2)16-14(3)15(4,5)6/h13-14,16H,7-12H2,1-6H3. The maximum absolute atomic E-state index is 3.71. The molecule has 0 aliphatic carbocycles. The molecule has 0 amide bonds. The third-order valence-corrected chi connectivity index (χ3v) is 3.57. The van der Waals surface area contributed by atoms with Crippen LogP contribution in [-0.4, -0.2) is 12.1 Å². The Labute approximate surface area is 103 Å². The van der Waals surface area contributed by atoms with E-state index < -0.39 is 0 Å². The van der Waals surface area contributed by atoms with E-state index >= 15 is 0 Å². The van der Waals surface area contributed by atoms with Crippen molar-refractivity contribution in [2.24, 2.45) is 5.41 Å². The molecule has 0 aliphatic heterocycles. The van der Waals surface area contributed by atoms with Crippen molar-refractivity contribution >= 4 is 0 Å². The molecule has 0 aliphatic rings. The normalized spacial score (nSPS) is 16.1. The van der Waals surface area contributed by atoms with Crippen LogP contribution < -0.4 is 5.32 Å². The van der Waals surface area contributed by atoms with Crippen LogP contribution >= 0.6 is 0 Å². The Morgan fingerprint density at radius 1 is 0.938 bits per heavy atom. The molecule has 98 valence electrons. The molecule has 0 radical (unpaired) electrons. The van der Waals surface area contributed by atoms with Crippen molar-refractivity contribution in [2.75, 3.05) is 0 Å². The molecular weight excluding hydrogens is 194 g/mol. The molecule has 0 bridgehead atoms. The van der Waals surface area contributed by atoms with E-state index in [4.69, 9.17) is 0 Å². The summed E-state index contributed by atoms with van der Waals surface area (Å²) in [5.41, 5.74) is 0.371. The molecule has 1 nitrogen and oxygen atoms in total. The average molecular weight is 227 g/mol. The number of rotatable bonds is 8. The first-order valence-electron chi connectivity index (χ1n) is 7.14. The zero-order chi connectivity index (χ0) is 12.6. The third kappa shape index (κ3) is 8.15. The third-order valence-electron chi connectivity index (χ3n) is 3.57. The monoisotopic (exact) mass is 227 g/mol. The molecule has 0 heterocycles. The molecule has 0 saturated carbocycles. The molecule has 0 aromatic heterocycles. The molecule has 1 N–H and O–H groups in total. The lowest BCUT2D eigenvalue weighted by Gasteiger charge is -2.31. The second-order valence-corrected chi connectivity index (χ2v) is 6.36. The van der Waals surface area contributed by atoms with Gasteiger partial charge in [0.25, 0.3) is 0 Å². The Hall–Kier alpha value is -0.0400. The highest BCUT2D eigenvalue weighted by Gasteiger charge is 2.20. The Balaban J connectivity index is 3.55. The van der Waals surface area contributed by atoms with E-state index in [1.165, 1.54) is 38.5 Å². The smallest absolute Gasteiger partial charge is 0.00897 e. The molecule has 0 spiro atoms. The van der Waals surface area contributed by atoms with Crippen molar-refractivity contribution in [1.82, 2.24) is 5.32 Å². The van der Waals surface area contributed by atoms with Crippen LogP contribution in [0.25, 0.3) is 0 Å². The van der Waals surface area contributed by atoms with E-state index in [1.54, 1.807) is 0 Å². The van der Waals surface area contributed by atoms with Crippen LogP contribution in [0, 0.1) is 5.41 Å². The highest BCUT2D eigenvalue weighted by Crippen LogP contribution is 2.19. The minimum Gasteiger partial charge on any atom is -0.311 e. The van der Waals surface area contributed by atoms with Crippen LogP contribution in [-0.2, 0) is 0 Å². The highest BCUT2D eigenvalue weighted by molar-refractivity contribution is 4.78. The summed E-state index contributed by atoms with van der Waals surface area (Å²) >= 11 is 0. The van der Waals surface area contributed by atoms with Gasteiger partial charge in [0.1, 0.15) is 0 Å². The number of hydrogen-bond acceptors (Lipinski definition) is 1. The zero-order valence-corrected chi connectivity index (χ0v) is 12.4. The van der Waals surface area contributed by atoms with Crippen LogP contribution in [0.3, 0.4) is 0 Å². The summed E-state index contributed by atoms with van der Waals surface area (Å²) in [6.07, 6.45) is 8.27. The Morgan fingerprint density at radius 3 is 2.00 bits per heavy atom. The fourth-order valence-corrected chi connectivity index (χ4v) is 1.81. The largest absolute Gasteiger partial charge is 0.311 e. The Bertz CT molecular complexity index is 157. The minimum atomic E-state index is 0.371. The van der Waals surface area contributed by atoms with Crippen molar-refractivity contribution in [3.8, 4) is 0 Å². The second kappa shape index (κ2) is 8.11. The quantitative estimate of drug-likeness (QED) is 0.590. The van der Waals surface area contributed by atoms with E-state index in [1.807, 2.05) is 0 Å². The summed E-state index contributed by atoms with van der Waals surface area (Å²) in [5.74, 6) is 0. The number of unbranched alkanes of at least 4 members (excludes halogenated alkanes) is 4. The van der Waals surface area contributed by atoms with Crippen LogP contribution in [0.2, 0.25) is 0 Å². The first-order chi connectivity index (χ1) is 7.38. The van der Waals surface area contributed by atoms with Gasteiger partial charge in [-0.15, -0.1) is 0 Å². The maximum Gasteiger partial charge on any atom is 0.00897 e. The summed E-state index contributed by atoms with van der Waals surface area (Å²) in [7, 11) is 0. The van der Waals surface area contributed by atoms with Gasteiger partial charge in [0.15, 0.2) is 0 Å². The lowest BCUT2D eigenvalue weighted by molar-refractivity contribution is 0.261. The predicted molar refractivity (Wildman–Crippen MR) is 74.9 cm³/mol. The first-order valence-corrected chi connectivity index (χ1v) is 7.14. The van der Waals surface area contributed by atoms with Gasteiger partial charge in [-0.1, -0.05) is 59.8 Å². The number of hydrogen-bond donors (Lipinski definition) is 1.